The summed E-state index contributed by atoms with van der Waals surface area (Å²) in [7, 11) is 3.60. The van der Waals surface area contributed by atoms with Gasteiger partial charge >= 0.3 is 0 Å². The molecule has 1 aliphatic carbocycles. The molecule has 0 heterocycles. The van der Waals surface area contributed by atoms with Crippen molar-refractivity contribution in [3.63, 3.8) is 0 Å². The Kier molecular flexibility index (Phi) is 7.26. The largest absolute Gasteiger partial charge is 0.497 e. The van der Waals surface area contributed by atoms with Crippen LogP contribution in [0.3, 0.4) is 0 Å². The molecule has 1 aliphatic rings. The Bertz CT molecular complexity index is 839. The van der Waals surface area contributed by atoms with Crippen molar-refractivity contribution in [1.29, 1.82) is 0 Å². The fourth-order valence-corrected chi connectivity index (χ4v) is 5.52. The fourth-order valence-electron chi connectivity index (χ4n) is 5.08. The Balaban J connectivity index is 2.14. The minimum Gasteiger partial charge on any atom is -0.497 e. The second-order valence-electron chi connectivity index (χ2n) is 7.98. The van der Waals surface area contributed by atoms with Crippen LogP contribution in [0.1, 0.15) is 49.1 Å². The maximum absolute atomic E-state index is 12.3. The molecule has 5 heteroatoms. The molecule has 0 aliphatic heterocycles. The van der Waals surface area contributed by atoms with Crippen molar-refractivity contribution in [2.45, 2.75) is 38.0 Å². The van der Waals surface area contributed by atoms with Gasteiger partial charge in [0.1, 0.15) is 12.0 Å². The van der Waals surface area contributed by atoms with Crippen LogP contribution in [-0.2, 0) is 4.79 Å². The molecule has 0 saturated heterocycles. The smallest absolute Gasteiger partial charge is 0.126 e. The van der Waals surface area contributed by atoms with Gasteiger partial charge in [-0.1, -0.05) is 48.3 Å². The van der Waals surface area contributed by atoms with Gasteiger partial charge in [-0.05, 0) is 86.0 Å². The zero-order valence-corrected chi connectivity index (χ0v) is 18.8. The van der Waals surface area contributed by atoms with Gasteiger partial charge in [-0.2, -0.15) is 0 Å². The summed E-state index contributed by atoms with van der Waals surface area (Å²) in [5, 5.41) is 4.77. The Morgan fingerprint density at radius 2 is 1.93 bits per heavy atom. The summed E-state index contributed by atoms with van der Waals surface area (Å²) in [6, 6.07) is 14.0. The highest BCUT2D eigenvalue weighted by molar-refractivity contribution is 6.31. The summed E-state index contributed by atoms with van der Waals surface area (Å²) in [6.45, 7) is 2.89. The number of hydrogen-bond acceptors (Lipinski definition) is 3. The number of aldehydes is 1. The fraction of sp³-hybridized carbons (Fsp3) is 0.458. The summed E-state index contributed by atoms with van der Waals surface area (Å²) in [5.74, 6) is 1.28. The zero-order valence-electron chi connectivity index (χ0n) is 17.3. The zero-order chi connectivity index (χ0) is 21.0. The third-order valence-electron chi connectivity index (χ3n) is 6.71. The van der Waals surface area contributed by atoms with E-state index in [9.17, 15) is 4.79 Å². The average molecular weight is 434 g/mol. The highest BCUT2D eigenvalue weighted by atomic mass is 35.5. The van der Waals surface area contributed by atoms with Crippen LogP contribution in [0.5, 0.6) is 5.75 Å². The standard InChI is InChI=1S/C24H29Cl2NO2/c1-4-24(15-28)12-11-20(19-10-9-18(29-3)13-22(19)26)23(21(24)14-27-2)16-5-7-17(25)8-6-16/h5-10,13,15,20-21,23,27H,4,11-12,14H2,1-3H3. The predicted molar refractivity (Wildman–Crippen MR) is 120 cm³/mol. The SMILES string of the molecule is CCC1(C=O)CCC(c2ccc(OC)cc2Cl)C(c2ccc(Cl)cc2)C1CNC. The first-order chi connectivity index (χ1) is 14.0. The quantitative estimate of drug-likeness (QED) is 0.536. The molecular formula is C24H29Cl2NO2. The van der Waals surface area contributed by atoms with Crippen molar-refractivity contribution in [2.24, 2.45) is 11.3 Å². The first kappa shape index (κ1) is 22.1. The second-order valence-corrected chi connectivity index (χ2v) is 8.82. The van der Waals surface area contributed by atoms with Crippen LogP contribution in [0.25, 0.3) is 0 Å². The molecule has 4 unspecified atom stereocenters. The van der Waals surface area contributed by atoms with Gasteiger partial charge in [-0.3, -0.25) is 0 Å². The summed E-state index contributed by atoms with van der Waals surface area (Å²) in [5.41, 5.74) is 1.97. The summed E-state index contributed by atoms with van der Waals surface area (Å²) in [4.78, 5) is 12.3. The lowest BCUT2D eigenvalue weighted by molar-refractivity contribution is -0.122. The van der Waals surface area contributed by atoms with Crippen LogP contribution >= 0.6 is 23.2 Å². The number of benzene rings is 2. The average Bonchev–Trinajstić information content (AvgIpc) is 2.74. The van der Waals surface area contributed by atoms with Gasteiger partial charge in [-0.15, -0.1) is 0 Å². The van der Waals surface area contributed by atoms with Gasteiger partial charge in [0.15, 0.2) is 0 Å². The van der Waals surface area contributed by atoms with Crippen LogP contribution in [0.4, 0.5) is 0 Å². The maximum atomic E-state index is 12.3. The molecule has 1 N–H and O–H groups in total. The maximum Gasteiger partial charge on any atom is 0.126 e. The molecule has 3 nitrogen and oxygen atoms in total. The first-order valence-corrected chi connectivity index (χ1v) is 10.9. The summed E-state index contributed by atoms with van der Waals surface area (Å²) in [6.07, 6.45) is 3.79. The summed E-state index contributed by atoms with van der Waals surface area (Å²) >= 11 is 12.9. The number of nitrogens with one attached hydrogen (secondary N) is 1. The van der Waals surface area contributed by atoms with Crippen molar-refractivity contribution in [3.8, 4) is 5.75 Å². The van der Waals surface area contributed by atoms with E-state index >= 15 is 0 Å². The predicted octanol–water partition coefficient (Wildman–Crippen LogP) is 6.09. The molecule has 1 saturated carbocycles. The molecule has 3 rings (SSSR count). The van der Waals surface area contributed by atoms with Crippen molar-refractivity contribution >= 4 is 29.5 Å². The van der Waals surface area contributed by atoms with Crippen LogP contribution in [0.2, 0.25) is 10.0 Å². The minimum atomic E-state index is -0.344. The number of methoxy groups -OCH3 is 1. The van der Waals surface area contributed by atoms with E-state index in [1.165, 1.54) is 11.8 Å². The lowest BCUT2D eigenvalue weighted by Gasteiger charge is -2.49. The van der Waals surface area contributed by atoms with E-state index in [1.807, 2.05) is 31.3 Å². The van der Waals surface area contributed by atoms with Crippen molar-refractivity contribution in [3.05, 3.63) is 63.6 Å². The molecule has 0 spiro atoms. The van der Waals surface area contributed by atoms with Crippen molar-refractivity contribution in [1.82, 2.24) is 5.32 Å². The lowest BCUT2D eigenvalue weighted by Crippen LogP contribution is -2.46. The van der Waals surface area contributed by atoms with E-state index in [-0.39, 0.29) is 23.2 Å². The first-order valence-electron chi connectivity index (χ1n) is 10.2. The molecule has 0 aromatic heterocycles. The van der Waals surface area contributed by atoms with E-state index in [1.54, 1.807) is 7.11 Å². The molecule has 2 aromatic carbocycles. The van der Waals surface area contributed by atoms with Gasteiger partial charge in [-0.25, -0.2) is 0 Å². The van der Waals surface area contributed by atoms with Crippen LogP contribution in [-0.4, -0.2) is 27.0 Å². The van der Waals surface area contributed by atoms with E-state index in [0.29, 0.717) is 10.0 Å². The van der Waals surface area contributed by atoms with Crippen LogP contribution < -0.4 is 10.1 Å². The lowest BCUT2D eigenvalue weighted by atomic mass is 9.55. The third-order valence-corrected chi connectivity index (χ3v) is 7.28. The van der Waals surface area contributed by atoms with E-state index in [4.69, 9.17) is 27.9 Å². The Labute approximate surface area is 183 Å². The molecule has 29 heavy (non-hydrogen) atoms. The van der Waals surface area contributed by atoms with Crippen molar-refractivity contribution in [2.75, 3.05) is 20.7 Å². The van der Waals surface area contributed by atoms with Gasteiger partial charge < -0.3 is 14.8 Å². The molecule has 156 valence electrons. The van der Waals surface area contributed by atoms with Gasteiger partial charge in [0.2, 0.25) is 0 Å². The number of rotatable bonds is 7. The second kappa shape index (κ2) is 9.51. The van der Waals surface area contributed by atoms with Crippen LogP contribution in [0.15, 0.2) is 42.5 Å². The Hall–Kier alpha value is -1.55. The Morgan fingerprint density at radius 3 is 2.48 bits per heavy atom. The van der Waals surface area contributed by atoms with Gasteiger partial charge in [0.05, 0.1) is 7.11 Å². The number of carbonyl (C=O) groups excluding carboxylic acids is 1. The highest BCUT2D eigenvalue weighted by Crippen LogP contribution is 2.56. The normalized spacial score (nSPS) is 26.9. The number of ether oxygens (including phenoxy) is 1. The van der Waals surface area contributed by atoms with Crippen molar-refractivity contribution < 1.29 is 9.53 Å². The van der Waals surface area contributed by atoms with E-state index in [2.05, 4.69) is 30.4 Å². The molecule has 0 radical (unpaired) electrons. The highest BCUT2D eigenvalue weighted by Gasteiger charge is 2.49. The third kappa shape index (κ3) is 4.33. The molecular weight excluding hydrogens is 405 g/mol. The molecule has 2 aromatic rings. The topological polar surface area (TPSA) is 38.3 Å². The minimum absolute atomic E-state index is 0.157. The van der Waals surface area contributed by atoms with Gasteiger partial charge in [0.25, 0.3) is 0 Å². The van der Waals surface area contributed by atoms with E-state index < -0.39 is 0 Å². The van der Waals surface area contributed by atoms with Gasteiger partial charge in [0, 0.05) is 15.5 Å². The van der Waals surface area contributed by atoms with E-state index in [0.717, 1.165) is 37.1 Å². The van der Waals surface area contributed by atoms with Crippen LogP contribution in [0, 0.1) is 11.3 Å². The number of hydrogen-bond donors (Lipinski definition) is 1. The summed E-state index contributed by atoms with van der Waals surface area (Å²) < 4.78 is 5.33. The molecule has 4 atom stereocenters. The monoisotopic (exact) mass is 433 g/mol. The number of halogens is 2. The number of carbonyl (C=O) groups is 1. The Morgan fingerprint density at radius 1 is 1.21 bits per heavy atom. The molecule has 0 amide bonds. The molecule has 1 fully saturated rings. The molecule has 0 bridgehead atoms.